The van der Waals surface area contributed by atoms with Crippen LogP contribution in [0.5, 0.6) is 0 Å². The molecule has 1 fully saturated rings. The van der Waals surface area contributed by atoms with Crippen molar-refractivity contribution in [3.8, 4) is 6.07 Å². The lowest BCUT2D eigenvalue weighted by molar-refractivity contribution is 0.364. The Balaban J connectivity index is 2.33. The van der Waals surface area contributed by atoms with E-state index in [0.29, 0.717) is 0 Å². The van der Waals surface area contributed by atoms with Crippen molar-refractivity contribution < 1.29 is 0 Å². The third kappa shape index (κ3) is 1.85. The van der Waals surface area contributed by atoms with Crippen LogP contribution in [0.25, 0.3) is 0 Å². The molecule has 1 saturated carbocycles. The molecule has 0 saturated heterocycles. The second-order valence-electron chi connectivity index (χ2n) is 4.27. The van der Waals surface area contributed by atoms with Crippen molar-refractivity contribution in [2.45, 2.75) is 44.4 Å². The van der Waals surface area contributed by atoms with Crippen molar-refractivity contribution in [3.05, 3.63) is 23.8 Å². The topological polar surface area (TPSA) is 49.6 Å². The van der Waals surface area contributed by atoms with Gasteiger partial charge in [0.05, 0.1) is 11.5 Å². The highest BCUT2D eigenvalue weighted by molar-refractivity contribution is 5.29. The first-order valence-corrected chi connectivity index (χ1v) is 5.47. The molecule has 0 bridgehead atoms. The van der Waals surface area contributed by atoms with E-state index in [9.17, 15) is 5.26 Å². The van der Waals surface area contributed by atoms with Gasteiger partial charge in [-0.3, -0.25) is 0 Å². The van der Waals surface area contributed by atoms with Gasteiger partial charge >= 0.3 is 0 Å². The lowest BCUT2D eigenvalue weighted by Gasteiger charge is -2.30. The van der Waals surface area contributed by atoms with Crippen LogP contribution in [0.3, 0.4) is 0 Å². The molecule has 15 heavy (non-hydrogen) atoms. The molecule has 2 rings (SSSR count). The lowest BCUT2D eigenvalue weighted by atomic mass is 9.71. The fraction of sp³-hybridized carbons (Fsp3) is 0.583. The van der Waals surface area contributed by atoms with E-state index in [1.54, 1.807) is 0 Å². The highest BCUT2D eigenvalue weighted by Crippen LogP contribution is 2.38. The molecule has 0 aliphatic heterocycles. The predicted molar refractivity (Wildman–Crippen MR) is 57.1 cm³/mol. The number of nitriles is 1. The van der Waals surface area contributed by atoms with Gasteiger partial charge in [-0.15, -0.1) is 0 Å². The normalized spacial score (nSPS) is 19.5. The van der Waals surface area contributed by atoms with Gasteiger partial charge in [-0.1, -0.05) is 19.3 Å². The molecular weight excluding hydrogens is 186 g/mol. The first-order chi connectivity index (χ1) is 7.27. The van der Waals surface area contributed by atoms with Crippen LogP contribution in [0.15, 0.2) is 12.4 Å². The third-order valence-corrected chi connectivity index (χ3v) is 3.25. The molecule has 0 radical (unpaired) electrons. The molecule has 1 aromatic rings. The second kappa shape index (κ2) is 3.98. The molecule has 3 heteroatoms. The van der Waals surface area contributed by atoms with E-state index in [0.717, 1.165) is 37.1 Å². The van der Waals surface area contributed by atoms with Crippen LogP contribution in [-0.2, 0) is 5.41 Å². The molecule has 1 aliphatic carbocycles. The minimum Gasteiger partial charge on any atom is -0.241 e. The zero-order valence-corrected chi connectivity index (χ0v) is 9.03. The number of hydrogen-bond acceptors (Lipinski definition) is 3. The van der Waals surface area contributed by atoms with E-state index in [1.807, 2.05) is 19.3 Å². The maximum atomic E-state index is 9.36. The Morgan fingerprint density at radius 3 is 2.33 bits per heavy atom. The van der Waals surface area contributed by atoms with Crippen molar-refractivity contribution in [1.29, 1.82) is 5.26 Å². The highest BCUT2D eigenvalue weighted by Gasteiger charge is 2.34. The van der Waals surface area contributed by atoms with Gasteiger partial charge in [-0.25, -0.2) is 9.97 Å². The van der Waals surface area contributed by atoms with Crippen molar-refractivity contribution >= 4 is 0 Å². The molecule has 0 spiro atoms. The monoisotopic (exact) mass is 201 g/mol. The summed E-state index contributed by atoms with van der Waals surface area (Å²) in [5.41, 5.74) is 0.682. The summed E-state index contributed by atoms with van der Waals surface area (Å²) in [5.74, 6) is 0.766. The van der Waals surface area contributed by atoms with E-state index in [4.69, 9.17) is 0 Å². The van der Waals surface area contributed by atoms with Crippen molar-refractivity contribution in [2.75, 3.05) is 0 Å². The Labute approximate surface area is 90.2 Å². The zero-order chi connectivity index (χ0) is 10.7. The molecule has 0 aromatic carbocycles. The van der Waals surface area contributed by atoms with Gasteiger partial charge in [-0.05, 0) is 19.8 Å². The minimum atomic E-state index is -0.314. The van der Waals surface area contributed by atoms with Gasteiger partial charge in [0, 0.05) is 18.0 Å². The molecule has 0 unspecified atom stereocenters. The minimum absolute atomic E-state index is 0.314. The Morgan fingerprint density at radius 1 is 1.20 bits per heavy atom. The Kier molecular flexibility index (Phi) is 2.68. The number of rotatable bonds is 1. The van der Waals surface area contributed by atoms with E-state index in [2.05, 4.69) is 16.0 Å². The molecule has 78 valence electrons. The van der Waals surface area contributed by atoms with Crippen LogP contribution < -0.4 is 0 Å². The number of aromatic nitrogens is 2. The highest BCUT2D eigenvalue weighted by atomic mass is 14.8. The summed E-state index contributed by atoms with van der Waals surface area (Å²) < 4.78 is 0. The van der Waals surface area contributed by atoms with Crippen molar-refractivity contribution in [1.82, 2.24) is 9.97 Å². The SMILES string of the molecule is Cc1ncc(C2(C#N)CCCCC2)cn1. The molecule has 1 heterocycles. The first kappa shape index (κ1) is 10.1. The summed E-state index contributed by atoms with van der Waals surface area (Å²) in [6.45, 7) is 1.86. The summed E-state index contributed by atoms with van der Waals surface area (Å²) in [6.07, 6.45) is 9.07. The fourth-order valence-corrected chi connectivity index (χ4v) is 2.26. The van der Waals surface area contributed by atoms with Crippen molar-refractivity contribution in [2.24, 2.45) is 0 Å². The molecule has 0 amide bonds. The first-order valence-electron chi connectivity index (χ1n) is 5.47. The van der Waals surface area contributed by atoms with Crippen LogP contribution in [0.1, 0.15) is 43.5 Å². The van der Waals surface area contributed by atoms with Gasteiger partial charge in [0.15, 0.2) is 0 Å². The van der Waals surface area contributed by atoms with Gasteiger partial charge in [-0.2, -0.15) is 5.26 Å². The van der Waals surface area contributed by atoms with Gasteiger partial charge in [0.1, 0.15) is 5.82 Å². The van der Waals surface area contributed by atoms with Gasteiger partial charge in [0.2, 0.25) is 0 Å². The molecule has 1 aromatic heterocycles. The Hall–Kier alpha value is -1.43. The van der Waals surface area contributed by atoms with E-state index in [-0.39, 0.29) is 5.41 Å². The molecular formula is C12H15N3. The largest absolute Gasteiger partial charge is 0.241 e. The predicted octanol–water partition coefficient (Wildman–Crippen LogP) is 2.51. The Bertz CT molecular complexity index is 369. The molecule has 0 atom stereocenters. The number of nitrogens with zero attached hydrogens (tertiary/aromatic N) is 3. The number of hydrogen-bond donors (Lipinski definition) is 0. The quantitative estimate of drug-likeness (QED) is 0.701. The average Bonchev–Trinajstić information content (AvgIpc) is 2.31. The van der Waals surface area contributed by atoms with Crippen LogP contribution in [0.2, 0.25) is 0 Å². The summed E-state index contributed by atoms with van der Waals surface area (Å²) in [6, 6.07) is 2.47. The van der Waals surface area contributed by atoms with E-state index in [1.165, 1.54) is 6.42 Å². The van der Waals surface area contributed by atoms with Gasteiger partial charge < -0.3 is 0 Å². The molecule has 3 nitrogen and oxygen atoms in total. The second-order valence-corrected chi connectivity index (χ2v) is 4.27. The van der Waals surface area contributed by atoms with Crippen LogP contribution in [0, 0.1) is 18.3 Å². The van der Waals surface area contributed by atoms with Gasteiger partial charge in [0.25, 0.3) is 0 Å². The lowest BCUT2D eigenvalue weighted by Crippen LogP contribution is -2.27. The summed E-state index contributed by atoms with van der Waals surface area (Å²) >= 11 is 0. The van der Waals surface area contributed by atoms with Crippen LogP contribution in [-0.4, -0.2) is 9.97 Å². The van der Waals surface area contributed by atoms with Crippen molar-refractivity contribution in [3.63, 3.8) is 0 Å². The molecule has 1 aliphatic rings. The number of aryl methyl sites for hydroxylation is 1. The Morgan fingerprint density at radius 2 is 1.80 bits per heavy atom. The zero-order valence-electron chi connectivity index (χ0n) is 9.03. The third-order valence-electron chi connectivity index (χ3n) is 3.25. The summed E-state index contributed by atoms with van der Waals surface area (Å²) in [7, 11) is 0. The average molecular weight is 201 g/mol. The van der Waals surface area contributed by atoms with Crippen LogP contribution in [0.4, 0.5) is 0 Å². The fourth-order valence-electron chi connectivity index (χ4n) is 2.26. The maximum Gasteiger partial charge on any atom is 0.125 e. The van der Waals surface area contributed by atoms with Crippen LogP contribution >= 0.6 is 0 Å². The smallest absolute Gasteiger partial charge is 0.125 e. The maximum absolute atomic E-state index is 9.36. The van der Waals surface area contributed by atoms with E-state index >= 15 is 0 Å². The molecule has 0 N–H and O–H groups in total. The standard InChI is InChI=1S/C12H15N3/c1-10-14-7-11(8-15-10)12(9-13)5-3-2-4-6-12/h7-8H,2-6H2,1H3. The summed E-state index contributed by atoms with van der Waals surface area (Å²) in [4.78, 5) is 8.37. The summed E-state index contributed by atoms with van der Waals surface area (Å²) in [5, 5.41) is 9.36. The van der Waals surface area contributed by atoms with E-state index < -0.39 is 0 Å².